The average Bonchev–Trinajstić information content (AvgIpc) is 2.76. The molecule has 4 rings (SSSR count). The van der Waals surface area contributed by atoms with Gasteiger partial charge in [0.25, 0.3) is 0 Å². The first-order chi connectivity index (χ1) is 15.4. The SMILES string of the molecule is O=C(O)C[C@H]1CC[C@H](N2CCN(c3ccc(NC4CCC(=O)NC4=O)cc3F)CC2)CC1. The Kier molecular flexibility index (Phi) is 6.93. The van der Waals surface area contributed by atoms with Crippen LogP contribution in [0.3, 0.4) is 0 Å². The summed E-state index contributed by atoms with van der Waals surface area (Å²) < 4.78 is 14.8. The Hall–Kier alpha value is -2.68. The third-order valence-corrected chi connectivity index (χ3v) is 6.98. The predicted molar refractivity (Wildman–Crippen MR) is 118 cm³/mol. The summed E-state index contributed by atoms with van der Waals surface area (Å²) >= 11 is 0. The number of imide groups is 1. The van der Waals surface area contributed by atoms with Gasteiger partial charge in [0.05, 0.1) is 5.69 Å². The molecule has 8 nitrogen and oxygen atoms in total. The summed E-state index contributed by atoms with van der Waals surface area (Å²) in [5.74, 6) is -1.39. The Balaban J connectivity index is 1.28. The maximum atomic E-state index is 14.8. The Morgan fingerprint density at radius 1 is 1.09 bits per heavy atom. The molecule has 1 unspecified atom stereocenters. The van der Waals surface area contributed by atoms with Crippen LogP contribution < -0.4 is 15.5 Å². The van der Waals surface area contributed by atoms with Crippen molar-refractivity contribution in [2.75, 3.05) is 36.4 Å². The Labute approximate surface area is 187 Å². The number of nitrogens with zero attached hydrogens (tertiary/aromatic N) is 2. The van der Waals surface area contributed by atoms with Crippen molar-refractivity contribution in [2.24, 2.45) is 5.92 Å². The number of carboxylic acids is 1. The number of carbonyl (C=O) groups excluding carboxylic acids is 2. The van der Waals surface area contributed by atoms with E-state index in [1.54, 1.807) is 12.1 Å². The Morgan fingerprint density at radius 2 is 1.81 bits per heavy atom. The van der Waals surface area contributed by atoms with Crippen LogP contribution in [-0.2, 0) is 14.4 Å². The molecular formula is C23H31FN4O4. The fraction of sp³-hybridized carbons (Fsp3) is 0.609. The van der Waals surface area contributed by atoms with E-state index in [0.717, 1.165) is 51.9 Å². The number of benzene rings is 1. The largest absolute Gasteiger partial charge is 0.481 e. The number of nitrogens with one attached hydrogen (secondary N) is 2. The molecule has 32 heavy (non-hydrogen) atoms. The number of piperidine rings is 1. The van der Waals surface area contributed by atoms with Crippen LogP contribution in [0.4, 0.5) is 15.8 Å². The van der Waals surface area contributed by atoms with Crippen LogP contribution >= 0.6 is 0 Å². The summed E-state index contributed by atoms with van der Waals surface area (Å²) in [6, 6.07) is 4.89. The number of piperazine rings is 1. The predicted octanol–water partition coefficient (Wildman–Crippen LogP) is 2.20. The highest BCUT2D eigenvalue weighted by Crippen LogP contribution is 2.31. The molecule has 0 radical (unpaired) electrons. The molecule has 2 aliphatic heterocycles. The van der Waals surface area contributed by atoms with E-state index in [9.17, 15) is 18.8 Å². The maximum Gasteiger partial charge on any atom is 0.303 e. The highest BCUT2D eigenvalue weighted by molar-refractivity contribution is 6.01. The van der Waals surface area contributed by atoms with Crippen molar-refractivity contribution in [3.63, 3.8) is 0 Å². The Morgan fingerprint density at radius 3 is 2.44 bits per heavy atom. The minimum atomic E-state index is -0.706. The van der Waals surface area contributed by atoms with Gasteiger partial charge in [-0.05, 0) is 56.2 Å². The molecule has 174 valence electrons. The molecule has 2 amide bonds. The summed E-state index contributed by atoms with van der Waals surface area (Å²) in [6.07, 6.45) is 4.94. The first-order valence-electron chi connectivity index (χ1n) is 11.5. The fourth-order valence-corrected chi connectivity index (χ4v) is 5.17. The number of amides is 2. The lowest BCUT2D eigenvalue weighted by molar-refractivity contribution is -0.138. The van der Waals surface area contributed by atoms with E-state index in [1.165, 1.54) is 6.07 Å². The van der Waals surface area contributed by atoms with E-state index in [1.807, 2.05) is 0 Å². The van der Waals surface area contributed by atoms with Crippen LogP contribution in [0, 0.1) is 11.7 Å². The highest BCUT2D eigenvalue weighted by atomic mass is 19.1. The number of carboxylic acid groups (broad SMARTS) is 1. The number of hydrogen-bond acceptors (Lipinski definition) is 6. The first-order valence-corrected chi connectivity index (χ1v) is 11.5. The molecule has 1 aromatic rings. The lowest BCUT2D eigenvalue weighted by atomic mass is 9.83. The van der Waals surface area contributed by atoms with E-state index in [2.05, 4.69) is 20.4 Å². The molecule has 0 spiro atoms. The van der Waals surface area contributed by atoms with Gasteiger partial charge in [0.2, 0.25) is 11.8 Å². The van der Waals surface area contributed by atoms with Gasteiger partial charge in [0.1, 0.15) is 11.9 Å². The molecule has 0 bridgehead atoms. The van der Waals surface area contributed by atoms with Crippen LogP contribution in [0.15, 0.2) is 18.2 Å². The summed E-state index contributed by atoms with van der Waals surface area (Å²) in [5, 5.41) is 14.3. The fourth-order valence-electron chi connectivity index (χ4n) is 5.17. The van der Waals surface area contributed by atoms with Gasteiger partial charge in [-0.1, -0.05) is 0 Å². The van der Waals surface area contributed by atoms with Gasteiger partial charge in [-0.15, -0.1) is 0 Å². The third-order valence-electron chi connectivity index (χ3n) is 6.98. The minimum absolute atomic E-state index is 0.272. The van der Waals surface area contributed by atoms with E-state index >= 15 is 0 Å². The second-order valence-electron chi connectivity index (χ2n) is 9.11. The van der Waals surface area contributed by atoms with Gasteiger partial charge in [-0.3, -0.25) is 24.6 Å². The van der Waals surface area contributed by atoms with Gasteiger partial charge >= 0.3 is 5.97 Å². The average molecular weight is 447 g/mol. The standard InChI is InChI=1S/C23H31FN4O4/c24-18-14-16(25-19-6-8-21(29)26-23(19)32)3-7-20(18)28-11-9-27(10-12-28)17-4-1-15(2-5-17)13-22(30)31/h3,7,14-15,17,19,25H,1-2,4-6,8-13H2,(H,30,31)(H,26,29,32)/t15-,17-,19?. The molecule has 1 atom stereocenters. The molecule has 1 aliphatic carbocycles. The van der Waals surface area contributed by atoms with Crippen molar-refractivity contribution in [1.82, 2.24) is 10.2 Å². The smallest absolute Gasteiger partial charge is 0.303 e. The van der Waals surface area contributed by atoms with Gasteiger partial charge < -0.3 is 15.3 Å². The van der Waals surface area contributed by atoms with Gasteiger partial charge in [0.15, 0.2) is 0 Å². The normalized spacial score (nSPS) is 27.2. The van der Waals surface area contributed by atoms with E-state index < -0.39 is 12.0 Å². The molecule has 1 aromatic carbocycles. The van der Waals surface area contributed by atoms with Crippen molar-refractivity contribution < 1.29 is 23.9 Å². The number of halogens is 1. The van der Waals surface area contributed by atoms with Crippen LogP contribution in [0.5, 0.6) is 0 Å². The summed E-state index contributed by atoms with van der Waals surface area (Å²) in [5.41, 5.74) is 1.08. The Bertz CT molecular complexity index is 864. The highest BCUT2D eigenvalue weighted by Gasteiger charge is 2.30. The van der Waals surface area contributed by atoms with Crippen LogP contribution in [-0.4, -0.2) is 66.1 Å². The topological polar surface area (TPSA) is 102 Å². The van der Waals surface area contributed by atoms with Crippen molar-refractivity contribution >= 4 is 29.2 Å². The molecule has 3 fully saturated rings. The van der Waals surface area contributed by atoms with E-state index in [0.29, 0.717) is 29.8 Å². The molecular weight excluding hydrogens is 415 g/mol. The number of aliphatic carboxylic acids is 1. The van der Waals surface area contributed by atoms with Gasteiger partial charge in [-0.25, -0.2) is 4.39 Å². The molecule has 0 aromatic heterocycles. The van der Waals surface area contributed by atoms with Gasteiger partial charge in [-0.2, -0.15) is 0 Å². The molecule has 1 saturated carbocycles. The maximum absolute atomic E-state index is 14.8. The van der Waals surface area contributed by atoms with E-state index in [-0.39, 0.29) is 30.5 Å². The summed E-state index contributed by atoms with van der Waals surface area (Å²) in [6.45, 7) is 3.21. The number of rotatable bonds is 6. The minimum Gasteiger partial charge on any atom is -0.481 e. The molecule has 9 heteroatoms. The monoisotopic (exact) mass is 446 g/mol. The van der Waals surface area contributed by atoms with Crippen molar-refractivity contribution in [1.29, 1.82) is 0 Å². The number of carbonyl (C=O) groups is 3. The van der Waals surface area contributed by atoms with Gasteiger partial charge in [0, 0.05) is 50.7 Å². The van der Waals surface area contributed by atoms with Crippen molar-refractivity contribution in [2.45, 2.75) is 57.0 Å². The zero-order chi connectivity index (χ0) is 22.7. The van der Waals surface area contributed by atoms with Crippen LogP contribution in [0.1, 0.15) is 44.9 Å². The zero-order valence-corrected chi connectivity index (χ0v) is 18.2. The van der Waals surface area contributed by atoms with Crippen LogP contribution in [0.2, 0.25) is 0 Å². The third kappa shape index (κ3) is 5.38. The van der Waals surface area contributed by atoms with Crippen LogP contribution in [0.25, 0.3) is 0 Å². The van der Waals surface area contributed by atoms with Crippen molar-refractivity contribution in [3.05, 3.63) is 24.0 Å². The lowest BCUT2D eigenvalue weighted by Crippen LogP contribution is -2.51. The van der Waals surface area contributed by atoms with Crippen molar-refractivity contribution in [3.8, 4) is 0 Å². The summed E-state index contributed by atoms with van der Waals surface area (Å²) in [7, 11) is 0. The molecule has 3 N–H and O–H groups in total. The second kappa shape index (κ2) is 9.85. The lowest BCUT2D eigenvalue weighted by Gasteiger charge is -2.42. The zero-order valence-electron chi connectivity index (χ0n) is 18.2. The van der Waals surface area contributed by atoms with E-state index in [4.69, 9.17) is 5.11 Å². The number of anilines is 2. The summed E-state index contributed by atoms with van der Waals surface area (Å²) in [4.78, 5) is 38.6. The second-order valence-corrected chi connectivity index (χ2v) is 9.11. The quantitative estimate of drug-likeness (QED) is 0.576. The number of hydrogen-bond donors (Lipinski definition) is 3. The molecule has 2 saturated heterocycles. The first kappa shape index (κ1) is 22.5. The molecule has 3 aliphatic rings. The molecule has 2 heterocycles.